The second-order valence-electron chi connectivity index (χ2n) is 5.52. The van der Waals surface area contributed by atoms with Crippen LogP contribution in [0.1, 0.15) is 29.3 Å². The third-order valence-electron chi connectivity index (χ3n) is 3.55. The number of carbonyl (C=O) groups excluding carboxylic acids is 1. The number of hydrogen-bond acceptors (Lipinski definition) is 3. The monoisotopic (exact) mass is 299 g/mol. The Bertz CT molecular complexity index is 740. The summed E-state index contributed by atoms with van der Waals surface area (Å²) in [4.78, 5) is 28.2. The molecule has 0 atom stereocenters. The first kappa shape index (κ1) is 15.9. The summed E-state index contributed by atoms with van der Waals surface area (Å²) in [5.41, 5.74) is 4.51. The van der Waals surface area contributed by atoms with Crippen LogP contribution in [0.15, 0.2) is 29.3 Å². The molecule has 5 nitrogen and oxygen atoms in total. The van der Waals surface area contributed by atoms with Gasteiger partial charge in [-0.1, -0.05) is 24.6 Å². The lowest BCUT2D eigenvalue weighted by Crippen LogP contribution is -2.28. The van der Waals surface area contributed by atoms with Crippen molar-refractivity contribution in [2.24, 2.45) is 0 Å². The molecule has 1 heterocycles. The highest BCUT2D eigenvalue weighted by molar-refractivity contribution is 5.92. The molecule has 0 aliphatic carbocycles. The van der Waals surface area contributed by atoms with E-state index in [9.17, 15) is 9.59 Å². The fourth-order valence-electron chi connectivity index (χ4n) is 2.49. The number of hydrogen-bond donors (Lipinski definition) is 1. The van der Waals surface area contributed by atoms with Crippen LogP contribution in [0.3, 0.4) is 0 Å². The van der Waals surface area contributed by atoms with E-state index < -0.39 is 0 Å². The first-order valence-corrected chi connectivity index (χ1v) is 7.33. The molecule has 1 N–H and O–H groups in total. The number of carbonyl (C=O) groups is 1. The normalized spacial score (nSPS) is 10.5. The lowest BCUT2D eigenvalue weighted by atomic mass is 10.1. The highest BCUT2D eigenvalue weighted by Gasteiger charge is 2.10. The third-order valence-corrected chi connectivity index (χ3v) is 3.55. The average Bonchev–Trinajstić information content (AvgIpc) is 2.45. The van der Waals surface area contributed by atoms with E-state index in [1.807, 2.05) is 39.8 Å². The fourth-order valence-corrected chi connectivity index (χ4v) is 2.49. The van der Waals surface area contributed by atoms with Crippen LogP contribution in [0.25, 0.3) is 0 Å². The Morgan fingerprint density at radius 2 is 1.82 bits per heavy atom. The van der Waals surface area contributed by atoms with Crippen LogP contribution in [0, 0.1) is 20.8 Å². The van der Waals surface area contributed by atoms with E-state index in [-0.39, 0.29) is 18.0 Å². The van der Waals surface area contributed by atoms with Gasteiger partial charge in [-0.3, -0.25) is 14.2 Å². The Labute approximate surface area is 130 Å². The minimum Gasteiger partial charge on any atom is -0.324 e. The highest BCUT2D eigenvalue weighted by Crippen LogP contribution is 2.21. The molecule has 0 spiro atoms. The van der Waals surface area contributed by atoms with Crippen LogP contribution in [-0.2, 0) is 17.8 Å². The molecule has 0 radical (unpaired) electrons. The molecule has 0 saturated heterocycles. The van der Waals surface area contributed by atoms with Crippen molar-refractivity contribution in [3.63, 3.8) is 0 Å². The lowest BCUT2D eigenvalue weighted by molar-refractivity contribution is -0.116. The largest absolute Gasteiger partial charge is 0.324 e. The molecule has 1 aromatic heterocycles. The molecule has 2 aromatic rings. The standard InChI is InChI=1S/C17H21N3O2/c1-5-14-8-16(22)20(10-18-14)9-15(21)19-17-12(3)6-11(2)7-13(17)4/h6-8,10H,5,9H2,1-4H3,(H,19,21). The number of anilines is 1. The second-order valence-corrected chi connectivity index (χ2v) is 5.52. The molecule has 0 unspecified atom stereocenters. The number of benzene rings is 1. The van der Waals surface area contributed by atoms with Crippen LogP contribution >= 0.6 is 0 Å². The van der Waals surface area contributed by atoms with Crippen molar-refractivity contribution in [3.8, 4) is 0 Å². The number of amides is 1. The Morgan fingerprint density at radius 3 is 2.36 bits per heavy atom. The second kappa shape index (κ2) is 6.56. The van der Waals surface area contributed by atoms with Crippen molar-refractivity contribution < 1.29 is 4.79 Å². The molecule has 0 bridgehead atoms. The van der Waals surface area contributed by atoms with Gasteiger partial charge in [0.25, 0.3) is 5.56 Å². The van der Waals surface area contributed by atoms with Crippen LogP contribution < -0.4 is 10.9 Å². The molecule has 0 fully saturated rings. The van der Waals surface area contributed by atoms with Crippen molar-refractivity contribution in [1.82, 2.24) is 9.55 Å². The van der Waals surface area contributed by atoms with Gasteiger partial charge >= 0.3 is 0 Å². The van der Waals surface area contributed by atoms with Gasteiger partial charge < -0.3 is 5.32 Å². The molecule has 5 heteroatoms. The maximum Gasteiger partial charge on any atom is 0.253 e. The summed E-state index contributed by atoms with van der Waals surface area (Å²) >= 11 is 0. The highest BCUT2D eigenvalue weighted by atomic mass is 16.2. The maximum atomic E-state index is 12.2. The van der Waals surface area contributed by atoms with Crippen molar-refractivity contribution in [2.45, 2.75) is 40.7 Å². The molecule has 116 valence electrons. The lowest BCUT2D eigenvalue weighted by Gasteiger charge is -2.13. The Hall–Kier alpha value is -2.43. The zero-order valence-electron chi connectivity index (χ0n) is 13.4. The Morgan fingerprint density at radius 1 is 1.18 bits per heavy atom. The number of nitrogens with one attached hydrogen (secondary N) is 1. The minimum atomic E-state index is -0.233. The topological polar surface area (TPSA) is 64.0 Å². The van der Waals surface area contributed by atoms with Crippen LogP contribution in [0.5, 0.6) is 0 Å². The van der Waals surface area contributed by atoms with Gasteiger partial charge in [0.1, 0.15) is 6.54 Å². The smallest absolute Gasteiger partial charge is 0.253 e. The van der Waals surface area contributed by atoms with E-state index in [0.29, 0.717) is 6.42 Å². The molecule has 1 amide bonds. The van der Waals surface area contributed by atoms with Crippen molar-refractivity contribution in [2.75, 3.05) is 5.32 Å². The summed E-state index contributed by atoms with van der Waals surface area (Å²) in [5.74, 6) is -0.233. The molecule has 0 saturated carbocycles. The maximum absolute atomic E-state index is 12.2. The van der Waals surface area contributed by atoms with Gasteiger partial charge in [-0.2, -0.15) is 0 Å². The quantitative estimate of drug-likeness (QED) is 0.942. The molecular weight excluding hydrogens is 278 g/mol. The zero-order chi connectivity index (χ0) is 16.3. The number of rotatable bonds is 4. The van der Waals surface area contributed by atoms with E-state index in [1.165, 1.54) is 17.0 Å². The zero-order valence-corrected chi connectivity index (χ0v) is 13.4. The van der Waals surface area contributed by atoms with Gasteiger partial charge in [0.15, 0.2) is 0 Å². The van der Waals surface area contributed by atoms with Crippen LogP contribution in [0.2, 0.25) is 0 Å². The third kappa shape index (κ3) is 3.61. The molecule has 2 rings (SSSR count). The SMILES string of the molecule is CCc1cc(=O)n(CC(=O)Nc2c(C)cc(C)cc2C)cn1. The number of aromatic nitrogens is 2. The van der Waals surface area contributed by atoms with E-state index in [0.717, 1.165) is 28.1 Å². The van der Waals surface area contributed by atoms with Gasteiger partial charge in [-0.25, -0.2) is 4.98 Å². The minimum absolute atomic E-state index is 0.0391. The van der Waals surface area contributed by atoms with Gasteiger partial charge in [0, 0.05) is 17.4 Å². The fraction of sp³-hybridized carbons (Fsp3) is 0.353. The number of aryl methyl sites for hydroxylation is 4. The number of nitrogens with zero attached hydrogens (tertiary/aromatic N) is 2. The van der Waals surface area contributed by atoms with Crippen molar-refractivity contribution in [3.05, 3.63) is 57.3 Å². The molecular formula is C17H21N3O2. The van der Waals surface area contributed by atoms with E-state index in [1.54, 1.807) is 0 Å². The van der Waals surface area contributed by atoms with E-state index in [2.05, 4.69) is 10.3 Å². The van der Waals surface area contributed by atoms with E-state index >= 15 is 0 Å². The molecule has 1 aromatic carbocycles. The Kier molecular flexibility index (Phi) is 4.75. The Balaban J connectivity index is 2.16. The summed E-state index contributed by atoms with van der Waals surface area (Å²) in [6.45, 7) is 7.83. The van der Waals surface area contributed by atoms with E-state index in [4.69, 9.17) is 0 Å². The summed E-state index contributed by atoms with van der Waals surface area (Å²) < 4.78 is 1.31. The summed E-state index contributed by atoms with van der Waals surface area (Å²) in [5, 5.41) is 2.88. The van der Waals surface area contributed by atoms with Crippen LogP contribution in [-0.4, -0.2) is 15.5 Å². The van der Waals surface area contributed by atoms with Crippen LogP contribution in [0.4, 0.5) is 5.69 Å². The molecule has 0 aliphatic rings. The average molecular weight is 299 g/mol. The van der Waals surface area contributed by atoms with Gasteiger partial charge in [0.2, 0.25) is 5.91 Å². The van der Waals surface area contributed by atoms with Gasteiger partial charge in [0.05, 0.1) is 6.33 Å². The van der Waals surface area contributed by atoms with Gasteiger partial charge in [-0.15, -0.1) is 0 Å². The van der Waals surface area contributed by atoms with Crippen molar-refractivity contribution in [1.29, 1.82) is 0 Å². The first-order valence-electron chi connectivity index (χ1n) is 7.33. The van der Waals surface area contributed by atoms with Crippen molar-refractivity contribution >= 4 is 11.6 Å². The molecule has 0 aliphatic heterocycles. The van der Waals surface area contributed by atoms with Gasteiger partial charge in [-0.05, 0) is 38.3 Å². The predicted molar refractivity (Wildman–Crippen MR) is 87.2 cm³/mol. The summed E-state index contributed by atoms with van der Waals surface area (Å²) in [6, 6.07) is 5.51. The summed E-state index contributed by atoms with van der Waals surface area (Å²) in [6.07, 6.45) is 2.12. The molecule has 22 heavy (non-hydrogen) atoms. The summed E-state index contributed by atoms with van der Waals surface area (Å²) in [7, 11) is 0. The first-order chi connectivity index (χ1) is 10.4. The predicted octanol–water partition coefficient (Wildman–Crippen LogP) is 2.37.